The smallest absolute Gasteiger partial charge is 0.0722 e. The van der Waals surface area contributed by atoms with Crippen molar-refractivity contribution in [2.75, 3.05) is 0 Å². The van der Waals surface area contributed by atoms with Gasteiger partial charge < -0.3 is 0 Å². The second-order valence-electron chi connectivity index (χ2n) is 5.21. The molecular formula is C18H11N. The summed E-state index contributed by atoms with van der Waals surface area (Å²) in [5.74, 6) is 0. The maximum atomic E-state index is 4.84. The SMILES string of the molecule is C1=Cc2c(nc3ccc4c5c(ccc2c35)=CC=4)=CC1. The van der Waals surface area contributed by atoms with Crippen molar-refractivity contribution < 1.29 is 0 Å². The van der Waals surface area contributed by atoms with E-state index in [-0.39, 0.29) is 0 Å². The van der Waals surface area contributed by atoms with Crippen LogP contribution in [0.15, 0.2) is 30.3 Å². The zero-order chi connectivity index (χ0) is 12.4. The molecule has 0 atom stereocenters. The van der Waals surface area contributed by atoms with E-state index < -0.39 is 0 Å². The van der Waals surface area contributed by atoms with Crippen LogP contribution in [0.5, 0.6) is 0 Å². The molecule has 2 aliphatic carbocycles. The van der Waals surface area contributed by atoms with Gasteiger partial charge >= 0.3 is 0 Å². The Morgan fingerprint density at radius 1 is 0.895 bits per heavy atom. The van der Waals surface area contributed by atoms with Gasteiger partial charge in [0.05, 0.1) is 10.9 Å². The highest BCUT2D eigenvalue weighted by Crippen LogP contribution is 2.24. The Kier molecular flexibility index (Phi) is 1.56. The lowest BCUT2D eigenvalue weighted by Gasteiger charge is -2.10. The van der Waals surface area contributed by atoms with E-state index in [1.54, 1.807) is 0 Å². The summed E-state index contributed by atoms with van der Waals surface area (Å²) in [4.78, 5) is 4.84. The normalized spacial score (nSPS) is 15.2. The highest BCUT2D eigenvalue weighted by Gasteiger charge is 2.12. The number of aromatic nitrogens is 1. The molecule has 1 aromatic heterocycles. The molecule has 0 radical (unpaired) electrons. The molecule has 0 saturated carbocycles. The van der Waals surface area contributed by atoms with Crippen LogP contribution < -0.4 is 15.8 Å². The maximum absolute atomic E-state index is 4.84. The van der Waals surface area contributed by atoms with Gasteiger partial charge in [0.2, 0.25) is 0 Å². The Balaban J connectivity index is 2.23. The monoisotopic (exact) mass is 241 g/mol. The van der Waals surface area contributed by atoms with Gasteiger partial charge in [-0.2, -0.15) is 0 Å². The molecule has 19 heavy (non-hydrogen) atoms. The minimum absolute atomic E-state index is 0.985. The fraction of sp³-hybridized carbons (Fsp3) is 0.0556. The standard InChI is InChI=1S/C18H11N/c1-2-4-15-13(3-1)14-9-7-11-5-6-12-8-10-16(19-15)18(14)17(11)12/h1,3-10H,2H2. The van der Waals surface area contributed by atoms with Gasteiger partial charge in [-0.3, -0.25) is 0 Å². The van der Waals surface area contributed by atoms with E-state index in [2.05, 4.69) is 54.6 Å². The third-order valence-electron chi connectivity index (χ3n) is 4.18. The molecule has 0 fully saturated rings. The average molecular weight is 241 g/mol. The van der Waals surface area contributed by atoms with Crippen LogP contribution in [0, 0.1) is 0 Å². The molecule has 0 bridgehead atoms. The summed E-state index contributed by atoms with van der Waals surface area (Å²) in [6, 6.07) is 8.81. The Hall–Kier alpha value is -2.41. The Morgan fingerprint density at radius 3 is 2.63 bits per heavy atom. The van der Waals surface area contributed by atoms with Crippen molar-refractivity contribution in [3.63, 3.8) is 0 Å². The van der Waals surface area contributed by atoms with E-state index in [0.29, 0.717) is 0 Å². The van der Waals surface area contributed by atoms with Crippen LogP contribution >= 0.6 is 0 Å². The van der Waals surface area contributed by atoms with Gasteiger partial charge in [0, 0.05) is 10.9 Å². The van der Waals surface area contributed by atoms with Crippen molar-refractivity contribution in [3.8, 4) is 0 Å². The van der Waals surface area contributed by atoms with Crippen LogP contribution in [-0.4, -0.2) is 4.98 Å². The first kappa shape index (κ1) is 9.51. The molecular weight excluding hydrogens is 230 g/mol. The Labute approximate surface area is 109 Å². The number of pyridine rings is 1. The van der Waals surface area contributed by atoms with Gasteiger partial charge in [0.1, 0.15) is 0 Å². The number of allylic oxidation sites excluding steroid dienone is 1. The molecule has 0 saturated heterocycles. The molecule has 88 valence electrons. The van der Waals surface area contributed by atoms with Gasteiger partial charge in [-0.1, -0.05) is 48.6 Å². The van der Waals surface area contributed by atoms with Crippen LogP contribution in [0.2, 0.25) is 0 Å². The molecule has 2 aromatic carbocycles. The minimum Gasteiger partial charge on any atom is -0.248 e. The number of rotatable bonds is 0. The molecule has 0 spiro atoms. The molecule has 0 aliphatic heterocycles. The first-order valence-corrected chi connectivity index (χ1v) is 6.66. The summed E-state index contributed by atoms with van der Waals surface area (Å²) in [5.41, 5.74) is 2.39. The van der Waals surface area contributed by atoms with E-state index in [4.69, 9.17) is 4.98 Å². The van der Waals surface area contributed by atoms with Crippen molar-refractivity contribution >= 4 is 46.0 Å². The van der Waals surface area contributed by atoms with Gasteiger partial charge in [-0.05, 0) is 33.7 Å². The van der Waals surface area contributed by atoms with Crippen LogP contribution in [0.1, 0.15) is 12.0 Å². The average Bonchev–Trinajstić information content (AvgIpc) is 2.89. The van der Waals surface area contributed by atoms with Crippen LogP contribution in [0.4, 0.5) is 0 Å². The van der Waals surface area contributed by atoms with E-state index in [1.807, 2.05) is 0 Å². The molecule has 0 amide bonds. The molecule has 3 aromatic rings. The van der Waals surface area contributed by atoms with Gasteiger partial charge in [-0.25, -0.2) is 4.98 Å². The van der Waals surface area contributed by atoms with Crippen molar-refractivity contribution in [2.45, 2.75) is 6.42 Å². The molecule has 1 heteroatoms. The lowest BCUT2D eigenvalue weighted by atomic mass is 9.97. The lowest BCUT2D eigenvalue weighted by molar-refractivity contribution is 1.27. The third-order valence-corrected chi connectivity index (χ3v) is 4.18. The highest BCUT2D eigenvalue weighted by atomic mass is 14.7. The topological polar surface area (TPSA) is 12.9 Å². The minimum atomic E-state index is 0.985. The van der Waals surface area contributed by atoms with E-state index in [1.165, 1.54) is 32.2 Å². The van der Waals surface area contributed by atoms with E-state index in [9.17, 15) is 0 Å². The number of hydrogen-bond donors (Lipinski definition) is 0. The van der Waals surface area contributed by atoms with Crippen molar-refractivity contribution in [1.82, 2.24) is 4.98 Å². The number of benzene rings is 2. The maximum Gasteiger partial charge on any atom is 0.0722 e. The quantitative estimate of drug-likeness (QED) is 0.585. The predicted octanol–water partition coefficient (Wildman–Crippen LogP) is 1.88. The zero-order valence-electron chi connectivity index (χ0n) is 10.4. The fourth-order valence-electron chi connectivity index (χ4n) is 3.33. The van der Waals surface area contributed by atoms with Gasteiger partial charge in [0.25, 0.3) is 0 Å². The fourth-order valence-corrected chi connectivity index (χ4v) is 3.33. The second kappa shape index (κ2) is 3.12. The first-order chi connectivity index (χ1) is 9.42. The van der Waals surface area contributed by atoms with Crippen molar-refractivity contribution in [2.24, 2.45) is 0 Å². The first-order valence-electron chi connectivity index (χ1n) is 6.66. The number of fused-ring (bicyclic) bond motifs is 2. The Bertz CT molecular complexity index is 1050. The molecule has 0 unspecified atom stereocenters. The summed E-state index contributed by atoms with van der Waals surface area (Å²) in [5, 5.41) is 7.78. The van der Waals surface area contributed by atoms with Crippen LogP contribution in [0.25, 0.3) is 46.0 Å². The lowest BCUT2D eigenvalue weighted by Crippen LogP contribution is -2.17. The van der Waals surface area contributed by atoms with Gasteiger partial charge in [0.15, 0.2) is 0 Å². The van der Waals surface area contributed by atoms with Crippen LogP contribution in [0.3, 0.4) is 0 Å². The third kappa shape index (κ3) is 1.08. The zero-order valence-corrected chi connectivity index (χ0v) is 10.4. The van der Waals surface area contributed by atoms with Gasteiger partial charge in [-0.15, -0.1) is 0 Å². The van der Waals surface area contributed by atoms with Crippen molar-refractivity contribution in [3.05, 3.63) is 51.7 Å². The van der Waals surface area contributed by atoms with E-state index >= 15 is 0 Å². The Morgan fingerprint density at radius 2 is 1.74 bits per heavy atom. The summed E-state index contributed by atoms with van der Waals surface area (Å²) in [6.07, 6.45) is 12.0. The largest absolute Gasteiger partial charge is 0.248 e. The molecule has 2 aliphatic rings. The molecule has 0 N–H and O–H groups in total. The summed E-state index contributed by atoms with van der Waals surface area (Å²) < 4.78 is 0. The molecule has 1 heterocycles. The van der Waals surface area contributed by atoms with E-state index in [0.717, 1.165) is 17.3 Å². The number of nitrogens with zero attached hydrogens (tertiary/aromatic N) is 1. The van der Waals surface area contributed by atoms with Crippen molar-refractivity contribution in [1.29, 1.82) is 0 Å². The predicted molar refractivity (Wildman–Crippen MR) is 80.8 cm³/mol. The summed E-state index contributed by atoms with van der Waals surface area (Å²) in [6.45, 7) is 0. The summed E-state index contributed by atoms with van der Waals surface area (Å²) >= 11 is 0. The molecule has 1 nitrogen and oxygen atoms in total. The summed E-state index contributed by atoms with van der Waals surface area (Å²) in [7, 11) is 0. The second-order valence-corrected chi connectivity index (χ2v) is 5.21. The molecule has 5 rings (SSSR count). The van der Waals surface area contributed by atoms with Crippen LogP contribution in [-0.2, 0) is 0 Å². The number of hydrogen-bond acceptors (Lipinski definition) is 1. The highest BCUT2D eigenvalue weighted by molar-refractivity contribution is 6.13.